The molecular weight excluding hydrogens is 255 g/mol. The lowest BCUT2D eigenvalue weighted by Crippen LogP contribution is -2.18. The number of carbonyl (C=O) groups is 1. The molecule has 1 nitrogen and oxygen atoms in total. The molecule has 0 N–H and O–H groups in total. The van der Waals surface area contributed by atoms with Crippen molar-refractivity contribution in [2.45, 2.75) is 26.2 Å². The Hall–Kier alpha value is -0.790. The monoisotopic (exact) mass is 268 g/mol. The minimum absolute atomic E-state index is 0.140. The molecule has 0 amide bonds. The minimum atomic E-state index is 0.140. The molecule has 0 radical (unpaired) electrons. The van der Waals surface area contributed by atoms with Gasteiger partial charge in [-0.1, -0.05) is 36.2 Å². The van der Waals surface area contributed by atoms with E-state index in [9.17, 15) is 4.79 Å². The van der Waals surface area contributed by atoms with Crippen LogP contribution in [0.3, 0.4) is 0 Å². The molecular formula is C14H14Cl2O. The summed E-state index contributed by atoms with van der Waals surface area (Å²) in [4.78, 5) is 12.0. The summed E-state index contributed by atoms with van der Waals surface area (Å²) in [5.41, 5.74) is 1.75. The van der Waals surface area contributed by atoms with Crippen LogP contribution in [0.1, 0.15) is 31.7 Å². The summed E-state index contributed by atoms with van der Waals surface area (Å²) in [5, 5.41) is 1.21. The van der Waals surface area contributed by atoms with Gasteiger partial charge in [0.05, 0.1) is 0 Å². The highest BCUT2D eigenvalue weighted by Gasteiger charge is 2.22. The summed E-state index contributed by atoms with van der Waals surface area (Å²) in [6.45, 7) is 1.98. The fourth-order valence-corrected chi connectivity index (χ4v) is 2.58. The Morgan fingerprint density at radius 2 is 2.12 bits per heavy atom. The van der Waals surface area contributed by atoms with E-state index in [4.69, 9.17) is 23.2 Å². The largest absolute Gasteiger partial charge is 0.294 e. The zero-order valence-corrected chi connectivity index (χ0v) is 11.2. The van der Waals surface area contributed by atoms with E-state index in [1.165, 1.54) is 0 Å². The molecule has 1 aromatic rings. The van der Waals surface area contributed by atoms with Gasteiger partial charge in [-0.25, -0.2) is 0 Å². The van der Waals surface area contributed by atoms with Gasteiger partial charge in [0.25, 0.3) is 0 Å². The van der Waals surface area contributed by atoms with Crippen LogP contribution in [0.4, 0.5) is 0 Å². The van der Waals surface area contributed by atoms with Crippen LogP contribution in [0.5, 0.6) is 0 Å². The lowest BCUT2D eigenvalue weighted by Gasteiger charge is -2.19. The number of benzene rings is 1. The quantitative estimate of drug-likeness (QED) is 0.671. The summed E-state index contributed by atoms with van der Waals surface area (Å²) in [5.74, 6) is 0.392. The maximum Gasteiger partial charge on any atom is 0.161 e. The topological polar surface area (TPSA) is 17.1 Å². The van der Waals surface area contributed by atoms with Crippen LogP contribution in [0.15, 0.2) is 23.8 Å². The number of rotatable bonds is 1. The smallest absolute Gasteiger partial charge is 0.161 e. The van der Waals surface area contributed by atoms with E-state index in [1.807, 2.05) is 19.1 Å². The number of halogens is 2. The highest BCUT2D eigenvalue weighted by atomic mass is 35.5. The average Bonchev–Trinajstić information content (AvgIpc) is 2.28. The van der Waals surface area contributed by atoms with Gasteiger partial charge in [-0.05, 0) is 48.6 Å². The lowest BCUT2D eigenvalue weighted by molar-refractivity contribution is -0.119. The molecule has 0 spiro atoms. The van der Waals surface area contributed by atoms with Crippen LogP contribution in [-0.2, 0) is 4.79 Å². The van der Waals surface area contributed by atoms with Crippen molar-refractivity contribution in [2.24, 2.45) is 5.92 Å². The van der Waals surface area contributed by atoms with Crippen molar-refractivity contribution in [3.8, 4) is 0 Å². The van der Waals surface area contributed by atoms with Gasteiger partial charge < -0.3 is 0 Å². The van der Waals surface area contributed by atoms with E-state index in [2.05, 4.69) is 0 Å². The molecule has 1 atom stereocenters. The molecule has 0 saturated heterocycles. The van der Waals surface area contributed by atoms with Crippen molar-refractivity contribution in [3.63, 3.8) is 0 Å². The van der Waals surface area contributed by atoms with Crippen LogP contribution in [0.25, 0.3) is 6.08 Å². The third kappa shape index (κ3) is 2.91. The maximum atomic E-state index is 12.0. The van der Waals surface area contributed by atoms with Crippen molar-refractivity contribution in [1.82, 2.24) is 0 Å². The number of hydrogen-bond donors (Lipinski definition) is 0. The Kier molecular flexibility index (Phi) is 3.90. The molecule has 3 heteroatoms. The first-order chi connectivity index (χ1) is 8.08. The molecule has 17 heavy (non-hydrogen) atoms. The number of carbonyl (C=O) groups excluding carboxylic acids is 1. The predicted molar refractivity (Wildman–Crippen MR) is 72.5 cm³/mol. The average molecular weight is 269 g/mol. The van der Waals surface area contributed by atoms with Crippen molar-refractivity contribution in [3.05, 3.63) is 39.4 Å². The summed E-state index contributed by atoms with van der Waals surface area (Å²) >= 11 is 11.9. The van der Waals surface area contributed by atoms with E-state index < -0.39 is 0 Å². The van der Waals surface area contributed by atoms with Gasteiger partial charge in [0.15, 0.2) is 5.78 Å². The van der Waals surface area contributed by atoms with Gasteiger partial charge in [0.1, 0.15) is 0 Å². The minimum Gasteiger partial charge on any atom is -0.294 e. The Morgan fingerprint density at radius 1 is 1.35 bits per heavy atom. The Labute approximate surface area is 111 Å². The van der Waals surface area contributed by atoms with Gasteiger partial charge in [-0.2, -0.15) is 0 Å². The van der Waals surface area contributed by atoms with Crippen molar-refractivity contribution >= 4 is 35.1 Å². The molecule has 1 aliphatic rings. The second kappa shape index (κ2) is 5.24. The molecule has 1 aromatic carbocycles. The second-order valence-corrected chi connectivity index (χ2v) is 5.34. The van der Waals surface area contributed by atoms with Gasteiger partial charge in [0, 0.05) is 16.0 Å². The number of allylic oxidation sites excluding steroid dienone is 1. The third-order valence-electron chi connectivity index (χ3n) is 3.14. The molecule has 1 saturated carbocycles. The summed E-state index contributed by atoms with van der Waals surface area (Å²) in [6.07, 6.45) is 4.81. The van der Waals surface area contributed by atoms with Crippen molar-refractivity contribution in [2.75, 3.05) is 0 Å². The van der Waals surface area contributed by atoms with Crippen LogP contribution < -0.4 is 0 Å². The van der Waals surface area contributed by atoms with E-state index in [0.717, 1.165) is 30.4 Å². The van der Waals surface area contributed by atoms with Crippen LogP contribution in [0.2, 0.25) is 10.0 Å². The molecule has 2 rings (SSSR count). The fraction of sp³-hybridized carbons (Fsp3) is 0.357. The number of hydrogen-bond acceptors (Lipinski definition) is 1. The molecule has 0 heterocycles. The summed E-state index contributed by atoms with van der Waals surface area (Å²) in [7, 11) is 0. The first kappa shape index (κ1) is 12.7. The maximum absolute atomic E-state index is 12.0. The Bertz CT molecular complexity index is 477. The second-order valence-electron chi connectivity index (χ2n) is 4.49. The first-order valence-electron chi connectivity index (χ1n) is 5.78. The van der Waals surface area contributed by atoms with Crippen LogP contribution in [-0.4, -0.2) is 5.78 Å². The summed E-state index contributed by atoms with van der Waals surface area (Å²) < 4.78 is 0. The molecule has 0 aliphatic heterocycles. The van der Waals surface area contributed by atoms with Crippen molar-refractivity contribution in [1.29, 1.82) is 0 Å². The van der Waals surface area contributed by atoms with E-state index in [-0.39, 0.29) is 11.7 Å². The fourth-order valence-electron chi connectivity index (χ4n) is 2.12. The lowest BCUT2D eigenvalue weighted by atomic mass is 9.84. The van der Waals surface area contributed by atoms with Crippen LogP contribution in [0, 0.1) is 5.92 Å². The Morgan fingerprint density at radius 3 is 2.82 bits per heavy atom. The predicted octanol–water partition coefficient (Wildman–Crippen LogP) is 4.77. The van der Waals surface area contributed by atoms with Crippen molar-refractivity contribution < 1.29 is 4.79 Å². The zero-order valence-electron chi connectivity index (χ0n) is 9.67. The molecule has 0 bridgehead atoms. The highest BCUT2D eigenvalue weighted by Crippen LogP contribution is 2.29. The molecule has 1 unspecified atom stereocenters. The molecule has 0 aromatic heterocycles. The van der Waals surface area contributed by atoms with Gasteiger partial charge >= 0.3 is 0 Å². The summed E-state index contributed by atoms with van der Waals surface area (Å²) in [6, 6.07) is 5.34. The van der Waals surface area contributed by atoms with Gasteiger partial charge in [0.2, 0.25) is 0 Å². The van der Waals surface area contributed by atoms with Gasteiger partial charge in [-0.15, -0.1) is 0 Å². The normalized spacial score (nSPS) is 23.1. The highest BCUT2D eigenvalue weighted by molar-refractivity contribution is 6.35. The van der Waals surface area contributed by atoms with E-state index >= 15 is 0 Å². The van der Waals surface area contributed by atoms with E-state index in [0.29, 0.717) is 10.0 Å². The van der Waals surface area contributed by atoms with Gasteiger partial charge in [-0.3, -0.25) is 4.79 Å². The molecule has 90 valence electrons. The number of ketones is 1. The first-order valence-corrected chi connectivity index (χ1v) is 6.53. The molecule has 1 fully saturated rings. The zero-order chi connectivity index (χ0) is 12.4. The van der Waals surface area contributed by atoms with E-state index in [1.54, 1.807) is 12.1 Å². The standard InChI is InChI=1S/C14H14Cl2O/c1-9-3-2-4-11(14(9)17)7-10-5-6-12(15)8-13(10)16/h5-9H,2-4H2,1H3/b11-7+. The SMILES string of the molecule is CC1CCC/C(=C\c2ccc(Cl)cc2Cl)C1=O. The molecule has 1 aliphatic carbocycles. The Balaban J connectivity index is 2.32. The number of Topliss-reactive ketones (excluding diaryl/α,β-unsaturated/α-hetero) is 1. The van der Waals surface area contributed by atoms with Crippen LogP contribution >= 0.6 is 23.2 Å². The third-order valence-corrected chi connectivity index (χ3v) is 3.70.